The minimum absolute atomic E-state index is 0.0895. The molecule has 0 bridgehead atoms. The molecule has 1 saturated heterocycles. The normalized spacial score (nSPS) is 20.1. The van der Waals surface area contributed by atoms with Gasteiger partial charge < -0.3 is 20.5 Å². The van der Waals surface area contributed by atoms with Gasteiger partial charge in [-0.15, -0.1) is 0 Å². The molecule has 2 aromatic carbocycles. The van der Waals surface area contributed by atoms with Crippen molar-refractivity contribution in [3.8, 4) is 5.75 Å². The zero-order valence-electron chi connectivity index (χ0n) is 14.7. The van der Waals surface area contributed by atoms with Crippen LogP contribution in [0.5, 0.6) is 5.75 Å². The summed E-state index contributed by atoms with van der Waals surface area (Å²) in [6.45, 7) is 0.989. The zero-order chi connectivity index (χ0) is 18.6. The molecule has 138 valence electrons. The number of amides is 2. The lowest BCUT2D eigenvalue weighted by atomic mass is 9.89. The van der Waals surface area contributed by atoms with Gasteiger partial charge in [0.05, 0.1) is 25.0 Å². The standard InChI is InChI=1S/C20H24N2O4/c21-18(23)13-20(25)9-3-10-22(14-20)19(24)8-11-26-17-7-6-15-4-1-2-5-16(15)12-17/h1-2,4-7,12,25H,3,8-11,13-14H2,(H2,21,23). The third kappa shape index (κ3) is 4.52. The van der Waals surface area contributed by atoms with Crippen LogP contribution in [0, 0.1) is 0 Å². The van der Waals surface area contributed by atoms with E-state index in [-0.39, 0.29) is 31.9 Å². The fourth-order valence-electron chi connectivity index (χ4n) is 3.47. The number of aliphatic hydroxyl groups is 1. The topological polar surface area (TPSA) is 92.9 Å². The molecule has 1 atom stereocenters. The first kappa shape index (κ1) is 18.2. The number of fused-ring (bicyclic) bond motifs is 1. The van der Waals surface area contributed by atoms with E-state index in [1.165, 1.54) is 0 Å². The van der Waals surface area contributed by atoms with Gasteiger partial charge in [-0.2, -0.15) is 0 Å². The summed E-state index contributed by atoms with van der Waals surface area (Å²) in [6.07, 6.45) is 1.23. The number of carbonyl (C=O) groups excluding carboxylic acids is 2. The zero-order valence-corrected chi connectivity index (χ0v) is 14.7. The number of hydrogen-bond donors (Lipinski definition) is 2. The number of ether oxygens (including phenoxy) is 1. The Labute approximate surface area is 152 Å². The third-order valence-electron chi connectivity index (χ3n) is 4.72. The van der Waals surface area contributed by atoms with Gasteiger partial charge >= 0.3 is 0 Å². The Morgan fingerprint density at radius 1 is 1.19 bits per heavy atom. The van der Waals surface area contributed by atoms with E-state index in [9.17, 15) is 14.7 Å². The highest BCUT2D eigenvalue weighted by Crippen LogP contribution is 2.25. The number of primary amides is 1. The summed E-state index contributed by atoms with van der Waals surface area (Å²) in [7, 11) is 0. The Balaban J connectivity index is 1.52. The second-order valence-electron chi connectivity index (χ2n) is 6.89. The summed E-state index contributed by atoms with van der Waals surface area (Å²) in [4.78, 5) is 25.1. The summed E-state index contributed by atoms with van der Waals surface area (Å²) in [6, 6.07) is 13.8. The van der Waals surface area contributed by atoms with Crippen LogP contribution in [0.25, 0.3) is 10.8 Å². The monoisotopic (exact) mass is 356 g/mol. The van der Waals surface area contributed by atoms with Crippen molar-refractivity contribution in [1.29, 1.82) is 0 Å². The minimum atomic E-state index is -1.21. The van der Waals surface area contributed by atoms with Gasteiger partial charge in [-0.3, -0.25) is 9.59 Å². The molecule has 1 heterocycles. The number of carbonyl (C=O) groups is 2. The summed E-state index contributed by atoms with van der Waals surface area (Å²) < 4.78 is 5.71. The molecular weight excluding hydrogens is 332 g/mol. The molecule has 0 aromatic heterocycles. The minimum Gasteiger partial charge on any atom is -0.493 e. The number of rotatable bonds is 6. The first-order chi connectivity index (χ1) is 12.5. The van der Waals surface area contributed by atoms with Crippen molar-refractivity contribution < 1.29 is 19.4 Å². The molecule has 0 spiro atoms. The average molecular weight is 356 g/mol. The van der Waals surface area contributed by atoms with Crippen LogP contribution < -0.4 is 10.5 Å². The van der Waals surface area contributed by atoms with E-state index in [0.717, 1.165) is 16.5 Å². The van der Waals surface area contributed by atoms with Crippen LogP contribution >= 0.6 is 0 Å². The number of nitrogens with zero attached hydrogens (tertiary/aromatic N) is 1. The fourth-order valence-corrected chi connectivity index (χ4v) is 3.47. The molecule has 0 aliphatic carbocycles. The molecule has 26 heavy (non-hydrogen) atoms. The highest BCUT2D eigenvalue weighted by atomic mass is 16.5. The Morgan fingerprint density at radius 3 is 2.73 bits per heavy atom. The van der Waals surface area contributed by atoms with Crippen LogP contribution in [0.15, 0.2) is 42.5 Å². The van der Waals surface area contributed by atoms with Gasteiger partial charge in [-0.1, -0.05) is 30.3 Å². The molecule has 0 radical (unpaired) electrons. The summed E-state index contributed by atoms with van der Waals surface area (Å²) in [5, 5.41) is 12.7. The van der Waals surface area contributed by atoms with Crippen molar-refractivity contribution in [3.05, 3.63) is 42.5 Å². The van der Waals surface area contributed by atoms with Crippen molar-refractivity contribution >= 4 is 22.6 Å². The SMILES string of the molecule is NC(=O)CC1(O)CCCN(C(=O)CCOc2ccc3ccccc3c2)C1. The second kappa shape index (κ2) is 7.74. The van der Waals surface area contributed by atoms with E-state index in [0.29, 0.717) is 19.4 Å². The number of nitrogens with two attached hydrogens (primary N) is 1. The number of benzene rings is 2. The van der Waals surface area contributed by atoms with Crippen molar-refractivity contribution in [1.82, 2.24) is 4.90 Å². The van der Waals surface area contributed by atoms with Crippen molar-refractivity contribution in [3.63, 3.8) is 0 Å². The maximum absolute atomic E-state index is 12.4. The molecule has 1 fully saturated rings. The predicted octanol–water partition coefficient (Wildman–Crippen LogP) is 1.84. The predicted molar refractivity (Wildman–Crippen MR) is 98.6 cm³/mol. The van der Waals surface area contributed by atoms with E-state index in [2.05, 4.69) is 0 Å². The maximum atomic E-state index is 12.4. The molecule has 6 heteroatoms. The highest BCUT2D eigenvalue weighted by Gasteiger charge is 2.36. The summed E-state index contributed by atoms with van der Waals surface area (Å²) in [5.41, 5.74) is 3.98. The smallest absolute Gasteiger partial charge is 0.226 e. The number of likely N-dealkylation sites (tertiary alicyclic amines) is 1. The van der Waals surface area contributed by atoms with Crippen molar-refractivity contribution in [2.24, 2.45) is 5.73 Å². The molecule has 1 aliphatic rings. The second-order valence-corrected chi connectivity index (χ2v) is 6.89. The Bertz CT molecular complexity index is 807. The lowest BCUT2D eigenvalue weighted by Crippen LogP contribution is -2.52. The quantitative estimate of drug-likeness (QED) is 0.826. The van der Waals surface area contributed by atoms with Crippen LogP contribution in [-0.4, -0.2) is 47.1 Å². The maximum Gasteiger partial charge on any atom is 0.226 e. The molecule has 0 saturated carbocycles. The molecule has 2 aromatic rings. The van der Waals surface area contributed by atoms with Crippen molar-refractivity contribution in [2.75, 3.05) is 19.7 Å². The van der Waals surface area contributed by atoms with Gasteiger partial charge in [-0.05, 0) is 35.7 Å². The van der Waals surface area contributed by atoms with Gasteiger partial charge in [0, 0.05) is 13.1 Å². The molecule has 1 unspecified atom stereocenters. The Morgan fingerprint density at radius 2 is 1.96 bits per heavy atom. The van der Waals surface area contributed by atoms with Crippen molar-refractivity contribution in [2.45, 2.75) is 31.3 Å². The molecule has 3 rings (SSSR count). The molecular formula is C20H24N2O4. The highest BCUT2D eigenvalue weighted by molar-refractivity contribution is 5.83. The first-order valence-electron chi connectivity index (χ1n) is 8.85. The van der Waals surface area contributed by atoms with E-state index >= 15 is 0 Å². The van der Waals surface area contributed by atoms with Crippen LogP contribution in [0.4, 0.5) is 0 Å². The Hall–Kier alpha value is -2.60. The Kier molecular flexibility index (Phi) is 5.42. The van der Waals surface area contributed by atoms with Crippen LogP contribution in [0.3, 0.4) is 0 Å². The molecule has 1 aliphatic heterocycles. The third-order valence-corrected chi connectivity index (χ3v) is 4.72. The van der Waals surface area contributed by atoms with Crippen LogP contribution in [-0.2, 0) is 9.59 Å². The number of piperidine rings is 1. The summed E-state index contributed by atoms with van der Waals surface area (Å²) in [5.74, 6) is 0.0789. The molecule has 3 N–H and O–H groups in total. The van der Waals surface area contributed by atoms with Gasteiger partial charge in [-0.25, -0.2) is 0 Å². The largest absolute Gasteiger partial charge is 0.493 e. The first-order valence-corrected chi connectivity index (χ1v) is 8.85. The number of β-amino-alcohol motifs (C(OH)–C–C–N with tert-alkyl or cyclic N) is 1. The van der Waals surface area contributed by atoms with E-state index in [1.54, 1.807) is 4.90 Å². The van der Waals surface area contributed by atoms with E-state index in [1.807, 2.05) is 42.5 Å². The van der Waals surface area contributed by atoms with Crippen LogP contribution in [0.1, 0.15) is 25.7 Å². The van der Waals surface area contributed by atoms with Gasteiger partial charge in [0.2, 0.25) is 11.8 Å². The van der Waals surface area contributed by atoms with Gasteiger partial charge in [0.15, 0.2) is 0 Å². The summed E-state index contributed by atoms with van der Waals surface area (Å²) >= 11 is 0. The van der Waals surface area contributed by atoms with Gasteiger partial charge in [0.25, 0.3) is 0 Å². The fraction of sp³-hybridized carbons (Fsp3) is 0.400. The lowest BCUT2D eigenvalue weighted by molar-refractivity contribution is -0.142. The average Bonchev–Trinajstić information content (AvgIpc) is 2.60. The van der Waals surface area contributed by atoms with Gasteiger partial charge in [0.1, 0.15) is 5.75 Å². The van der Waals surface area contributed by atoms with E-state index in [4.69, 9.17) is 10.5 Å². The molecule has 2 amide bonds. The van der Waals surface area contributed by atoms with E-state index < -0.39 is 11.5 Å². The lowest BCUT2D eigenvalue weighted by Gasteiger charge is -2.38. The number of hydrogen-bond acceptors (Lipinski definition) is 4. The van der Waals surface area contributed by atoms with Crippen LogP contribution in [0.2, 0.25) is 0 Å². The molecule has 6 nitrogen and oxygen atoms in total.